The van der Waals surface area contributed by atoms with Gasteiger partial charge in [-0.25, -0.2) is 4.98 Å². The Kier molecular flexibility index (Phi) is 5.72. The van der Waals surface area contributed by atoms with Gasteiger partial charge in [-0.05, 0) is 0 Å². The second-order valence-corrected chi connectivity index (χ2v) is 8.22. The molecule has 0 aromatic carbocycles. The fourth-order valence-electron chi connectivity index (χ4n) is 2.83. The number of aliphatic carboxylic acids is 1. The van der Waals surface area contributed by atoms with E-state index in [1.807, 2.05) is 0 Å². The first kappa shape index (κ1) is 20.3. The van der Waals surface area contributed by atoms with Crippen LogP contribution in [0.5, 0.6) is 0 Å². The van der Waals surface area contributed by atoms with E-state index in [0.29, 0.717) is 6.41 Å². The summed E-state index contributed by atoms with van der Waals surface area (Å²) < 4.78 is 0. The lowest BCUT2D eigenvalue weighted by Crippen LogP contribution is -2.73. The van der Waals surface area contributed by atoms with E-state index in [9.17, 15) is 29.1 Å². The van der Waals surface area contributed by atoms with Crippen molar-refractivity contribution < 1.29 is 29.1 Å². The number of hydrogen-bond donors (Lipinski definition) is 3. The van der Waals surface area contributed by atoms with Gasteiger partial charge in [-0.3, -0.25) is 24.0 Å². The van der Waals surface area contributed by atoms with Gasteiger partial charge in [0.2, 0.25) is 12.3 Å². The van der Waals surface area contributed by atoms with Gasteiger partial charge >= 0.3 is 5.97 Å². The molecule has 0 aliphatic carbocycles. The summed E-state index contributed by atoms with van der Waals surface area (Å²) in [4.78, 5) is 63.8. The Hall–Kier alpha value is -2.44. The van der Waals surface area contributed by atoms with Crippen LogP contribution in [0.3, 0.4) is 0 Å². The summed E-state index contributed by atoms with van der Waals surface area (Å²) in [7, 11) is 0. The van der Waals surface area contributed by atoms with Crippen molar-refractivity contribution in [1.29, 1.82) is 0 Å². The van der Waals surface area contributed by atoms with Crippen LogP contribution >= 0.6 is 34.7 Å². The van der Waals surface area contributed by atoms with Gasteiger partial charge in [0.05, 0.1) is 0 Å². The molecule has 28 heavy (non-hydrogen) atoms. The highest BCUT2D eigenvalue weighted by molar-refractivity contribution is 8.00. The van der Waals surface area contributed by atoms with Crippen molar-refractivity contribution in [1.82, 2.24) is 15.2 Å². The number of carbonyl (C=O) groups is 5. The molecule has 3 rings (SSSR count). The van der Waals surface area contributed by atoms with Crippen LogP contribution in [0.2, 0.25) is 0 Å². The molecule has 3 atom stereocenters. The molecule has 0 bridgehead atoms. The Bertz CT molecular complexity index is 890. The standard InChI is InChI=1S/C15H13ClN4O6S2/c16-2-1-15(13(25)26)4-20-11(24)8(12(20)28-5-15)19-10(23)9(22)7-3-27-14(18-7)17-6-21/h1-3,6,8,12H,4-5H2,(H,19,23)(H,25,26)(H,17,18,21)/t8?,12-,15?/m1/s1. The SMILES string of the molecule is O=CNc1nc(C(=O)C(=O)NC2C(=O)N3CC(C=CCl)(C(=O)O)CS[C@H]23)cs1. The van der Waals surface area contributed by atoms with E-state index in [-0.39, 0.29) is 23.1 Å². The number of Topliss-reactive ketones (excluding diaryl/α,β-unsaturated/α-hetero) is 1. The molecule has 0 spiro atoms. The second-order valence-electron chi connectivity index (χ2n) is 6.00. The Balaban J connectivity index is 1.65. The average Bonchev–Trinajstić information content (AvgIpc) is 3.14. The van der Waals surface area contributed by atoms with Crippen molar-refractivity contribution in [2.45, 2.75) is 11.4 Å². The van der Waals surface area contributed by atoms with Gasteiger partial charge in [0.25, 0.3) is 11.7 Å². The third kappa shape index (κ3) is 3.50. The summed E-state index contributed by atoms with van der Waals surface area (Å²) in [6, 6.07) is -0.931. The predicted molar refractivity (Wildman–Crippen MR) is 101 cm³/mol. The van der Waals surface area contributed by atoms with E-state index < -0.39 is 40.4 Å². The van der Waals surface area contributed by atoms with E-state index >= 15 is 0 Å². The maximum atomic E-state index is 12.4. The number of carbonyl (C=O) groups excluding carboxylic acids is 4. The minimum atomic E-state index is -1.30. The zero-order valence-electron chi connectivity index (χ0n) is 14.0. The number of carboxylic acid groups (broad SMARTS) is 1. The Morgan fingerprint density at radius 3 is 2.82 bits per heavy atom. The molecule has 2 saturated heterocycles. The first-order valence-corrected chi connectivity index (χ1v) is 10.1. The number of β-lactam (4-membered cyclic amide) rings is 1. The number of nitrogens with one attached hydrogen (secondary N) is 2. The lowest BCUT2D eigenvalue weighted by molar-refractivity contribution is -0.156. The summed E-state index contributed by atoms with van der Waals surface area (Å²) in [5.74, 6) is -3.36. The molecule has 0 radical (unpaired) electrons. The third-order valence-electron chi connectivity index (χ3n) is 4.33. The molecule has 1 aromatic rings. The maximum Gasteiger partial charge on any atom is 0.316 e. The van der Waals surface area contributed by atoms with Crippen LogP contribution in [-0.2, 0) is 19.2 Å². The molecule has 3 heterocycles. The van der Waals surface area contributed by atoms with Crippen LogP contribution in [0, 0.1) is 5.41 Å². The van der Waals surface area contributed by atoms with E-state index in [1.54, 1.807) is 0 Å². The van der Waals surface area contributed by atoms with Gasteiger partial charge < -0.3 is 20.6 Å². The lowest BCUT2D eigenvalue weighted by Gasteiger charge is -2.53. The largest absolute Gasteiger partial charge is 0.481 e. The Morgan fingerprint density at radius 2 is 2.18 bits per heavy atom. The zero-order chi connectivity index (χ0) is 20.5. The Morgan fingerprint density at radius 1 is 1.43 bits per heavy atom. The molecule has 3 amide bonds. The molecule has 148 valence electrons. The van der Waals surface area contributed by atoms with Crippen LogP contribution in [0.4, 0.5) is 5.13 Å². The third-order valence-corrected chi connectivity index (χ3v) is 6.78. The highest BCUT2D eigenvalue weighted by atomic mass is 35.5. The van der Waals surface area contributed by atoms with Crippen molar-refractivity contribution in [2.75, 3.05) is 17.6 Å². The molecule has 2 aliphatic heterocycles. The normalized spacial score (nSPS) is 26.3. The van der Waals surface area contributed by atoms with Gasteiger partial charge in [-0.15, -0.1) is 23.1 Å². The number of rotatable bonds is 7. The minimum Gasteiger partial charge on any atom is -0.481 e. The summed E-state index contributed by atoms with van der Waals surface area (Å²) in [6.45, 7) is -0.0742. The fraction of sp³-hybridized carbons (Fsp3) is 0.333. The number of carboxylic acids is 1. The predicted octanol–water partition coefficient (Wildman–Crippen LogP) is 0.118. The number of halogens is 1. The lowest BCUT2D eigenvalue weighted by atomic mass is 9.87. The zero-order valence-corrected chi connectivity index (χ0v) is 16.3. The van der Waals surface area contributed by atoms with Crippen LogP contribution in [0.25, 0.3) is 0 Å². The minimum absolute atomic E-state index is 0.0742. The van der Waals surface area contributed by atoms with E-state index in [2.05, 4.69) is 15.6 Å². The molecule has 2 fully saturated rings. The number of aromatic nitrogens is 1. The monoisotopic (exact) mass is 444 g/mol. The van der Waals surface area contributed by atoms with Crippen molar-refractivity contribution >= 4 is 69.8 Å². The van der Waals surface area contributed by atoms with Crippen LogP contribution in [-0.4, -0.2) is 68.7 Å². The van der Waals surface area contributed by atoms with E-state index in [1.165, 1.54) is 28.1 Å². The first-order valence-electron chi connectivity index (χ1n) is 7.77. The van der Waals surface area contributed by atoms with Crippen molar-refractivity contribution in [3.05, 3.63) is 22.7 Å². The number of nitrogens with zero attached hydrogens (tertiary/aromatic N) is 2. The molecule has 2 aliphatic rings. The van der Waals surface area contributed by atoms with E-state index in [0.717, 1.165) is 16.9 Å². The number of ketones is 1. The van der Waals surface area contributed by atoms with Crippen molar-refractivity contribution in [3.8, 4) is 0 Å². The van der Waals surface area contributed by atoms with Crippen molar-refractivity contribution in [2.24, 2.45) is 5.41 Å². The van der Waals surface area contributed by atoms with Gasteiger partial charge in [0.15, 0.2) is 5.13 Å². The number of anilines is 1. The van der Waals surface area contributed by atoms with Crippen molar-refractivity contribution in [3.63, 3.8) is 0 Å². The highest BCUT2D eigenvalue weighted by Crippen LogP contribution is 2.43. The van der Waals surface area contributed by atoms with Gasteiger partial charge in [0, 0.05) is 23.2 Å². The molecular weight excluding hydrogens is 432 g/mol. The maximum absolute atomic E-state index is 12.4. The number of hydrogen-bond acceptors (Lipinski definition) is 8. The molecular formula is C15H13ClN4O6S2. The topological polar surface area (TPSA) is 146 Å². The number of thioether (sulfide) groups is 1. The second kappa shape index (κ2) is 7.89. The van der Waals surface area contributed by atoms with Crippen LogP contribution in [0.1, 0.15) is 10.5 Å². The molecule has 0 saturated carbocycles. The van der Waals surface area contributed by atoms with Gasteiger partial charge in [-0.1, -0.05) is 17.7 Å². The molecule has 2 unspecified atom stereocenters. The smallest absolute Gasteiger partial charge is 0.316 e. The number of thiazole rings is 1. The van der Waals surface area contributed by atoms with Gasteiger partial charge in [0.1, 0.15) is 22.5 Å². The summed E-state index contributed by atoms with van der Waals surface area (Å²) in [6.07, 6.45) is 1.72. The van der Waals surface area contributed by atoms with Gasteiger partial charge in [-0.2, -0.15) is 0 Å². The summed E-state index contributed by atoms with van der Waals surface area (Å²) in [5, 5.41) is 15.1. The fourth-order valence-corrected chi connectivity index (χ4v) is 5.24. The van der Waals surface area contributed by atoms with Crippen LogP contribution in [0.15, 0.2) is 17.0 Å². The molecule has 1 aromatic heterocycles. The van der Waals surface area contributed by atoms with E-state index in [4.69, 9.17) is 11.6 Å². The number of fused-ring (bicyclic) bond motifs is 1. The highest BCUT2D eigenvalue weighted by Gasteiger charge is 2.57. The molecule has 10 nitrogen and oxygen atoms in total. The molecule has 13 heteroatoms. The Labute approximate surface area is 171 Å². The first-order chi connectivity index (χ1) is 13.3. The molecule has 3 N–H and O–H groups in total. The van der Waals surface area contributed by atoms with Crippen LogP contribution < -0.4 is 10.6 Å². The summed E-state index contributed by atoms with van der Waals surface area (Å²) >= 11 is 7.70. The summed E-state index contributed by atoms with van der Waals surface area (Å²) in [5.41, 5.74) is -0.339. The average molecular weight is 445 g/mol. The number of amides is 3. The quantitative estimate of drug-likeness (QED) is 0.232.